The van der Waals surface area contributed by atoms with Gasteiger partial charge < -0.3 is 20.5 Å². The lowest BCUT2D eigenvalue weighted by molar-refractivity contribution is 0.216. The van der Waals surface area contributed by atoms with E-state index in [1.54, 1.807) is 0 Å². The van der Waals surface area contributed by atoms with E-state index in [0.29, 0.717) is 13.2 Å². The first-order valence-corrected chi connectivity index (χ1v) is 7.71. The Hall–Kier alpha value is -2.53. The van der Waals surface area contributed by atoms with E-state index >= 15 is 0 Å². The van der Waals surface area contributed by atoms with Gasteiger partial charge in [0, 0.05) is 5.69 Å². The molecule has 2 rings (SSSR count). The average Bonchev–Trinajstić information content (AvgIpc) is 2.54. The molecule has 2 aromatic rings. The molecule has 0 aliphatic carbocycles. The van der Waals surface area contributed by atoms with Crippen LogP contribution < -0.4 is 20.5 Å². The molecule has 120 valence electrons. The fourth-order valence-electron chi connectivity index (χ4n) is 2.06. The molecule has 0 atom stereocenters. The standard InChI is InChI=1S/C18H20N2O2S/c1-2-5-14-6-3-4-7-17(14)22-13-12-21-16-10-8-15(9-11-16)20-18(19)23/h2-4,6-11H,1,5,12-13H2,(H3,19,20,23). The molecule has 0 spiro atoms. The quantitative estimate of drug-likeness (QED) is 0.441. The normalized spacial score (nSPS) is 9.91. The molecular formula is C18H20N2O2S. The molecule has 0 heterocycles. The second-order valence-corrected chi connectivity index (χ2v) is 5.25. The maximum absolute atomic E-state index is 5.77. The average molecular weight is 328 g/mol. The maximum Gasteiger partial charge on any atom is 0.168 e. The Morgan fingerprint density at radius 3 is 2.48 bits per heavy atom. The highest BCUT2D eigenvalue weighted by Crippen LogP contribution is 2.19. The summed E-state index contributed by atoms with van der Waals surface area (Å²) in [5, 5.41) is 3.10. The zero-order valence-corrected chi connectivity index (χ0v) is 13.6. The summed E-state index contributed by atoms with van der Waals surface area (Å²) >= 11 is 4.78. The van der Waals surface area contributed by atoms with E-state index in [1.165, 1.54) is 0 Å². The summed E-state index contributed by atoms with van der Waals surface area (Å²) in [6, 6.07) is 15.4. The molecular weight excluding hydrogens is 308 g/mol. The van der Waals surface area contributed by atoms with Crippen molar-refractivity contribution in [3.63, 3.8) is 0 Å². The van der Waals surface area contributed by atoms with E-state index in [2.05, 4.69) is 11.9 Å². The molecule has 0 saturated carbocycles. The van der Waals surface area contributed by atoms with Gasteiger partial charge in [0.1, 0.15) is 24.7 Å². The van der Waals surface area contributed by atoms with Gasteiger partial charge in [0.15, 0.2) is 5.11 Å². The lowest BCUT2D eigenvalue weighted by Crippen LogP contribution is -2.18. The number of nitrogens with two attached hydrogens (primary N) is 1. The van der Waals surface area contributed by atoms with Gasteiger partial charge >= 0.3 is 0 Å². The molecule has 0 saturated heterocycles. The van der Waals surface area contributed by atoms with Crippen LogP contribution in [0, 0.1) is 0 Å². The van der Waals surface area contributed by atoms with Crippen molar-refractivity contribution in [2.45, 2.75) is 6.42 Å². The monoisotopic (exact) mass is 328 g/mol. The summed E-state index contributed by atoms with van der Waals surface area (Å²) < 4.78 is 11.4. The number of ether oxygens (including phenoxy) is 2. The first-order valence-electron chi connectivity index (χ1n) is 7.30. The van der Waals surface area contributed by atoms with E-state index in [1.807, 2.05) is 54.6 Å². The molecule has 0 radical (unpaired) electrons. The Morgan fingerprint density at radius 1 is 1.09 bits per heavy atom. The van der Waals surface area contributed by atoms with Crippen molar-refractivity contribution < 1.29 is 9.47 Å². The van der Waals surface area contributed by atoms with Crippen LogP contribution in [0.1, 0.15) is 5.56 Å². The number of rotatable bonds is 8. The Morgan fingerprint density at radius 2 is 1.78 bits per heavy atom. The Bertz CT molecular complexity index is 656. The van der Waals surface area contributed by atoms with Crippen LogP contribution in [-0.2, 0) is 6.42 Å². The summed E-state index contributed by atoms with van der Waals surface area (Å²) in [5.74, 6) is 1.63. The predicted molar refractivity (Wildman–Crippen MR) is 98.2 cm³/mol. The van der Waals surface area contributed by atoms with Crippen LogP contribution in [0.4, 0.5) is 5.69 Å². The molecule has 5 heteroatoms. The van der Waals surface area contributed by atoms with Gasteiger partial charge in [-0.25, -0.2) is 0 Å². The van der Waals surface area contributed by atoms with E-state index in [9.17, 15) is 0 Å². The third-order valence-electron chi connectivity index (χ3n) is 3.07. The molecule has 0 aliphatic heterocycles. The zero-order valence-electron chi connectivity index (χ0n) is 12.8. The van der Waals surface area contributed by atoms with Crippen molar-refractivity contribution in [3.05, 3.63) is 66.7 Å². The first kappa shape index (κ1) is 16.8. The SMILES string of the molecule is C=CCc1ccccc1OCCOc1ccc(NC(N)=S)cc1. The van der Waals surface area contributed by atoms with Crippen LogP contribution >= 0.6 is 12.2 Å². The molecule has 4 nitrogen and oxygen atoms in total. The van der Waals surface area contributed by atoms with Crippen LogP contribution in [-0.4, -0.2) is 18.3 Å². The van der Waals surface area contributed by atoms with Crippen LogP contribution in [0.25, 0.3) is 0 Å². The molecule has 0 unspecified atom stereocenters. The molecule has 0 bridgehead atoms. The van der Waals surface area contributed by atoms with Crippen LogP contribution in [0.3, 0.4) is 0 Å². The highest BCUT2D eigenvalue weighted by atomic mass is 32.1. The smallest absolute Gasteiger partial charge is 0.168 e. The maximum atomic E-state index is 5.77. The number of benzene rings is 2. The fraction of sp³-hybridized carbons (Fsp3) is 0.167. The van der Waals surface area contributed by atoms with Crippen LogP contribution in [0.15, 0.2) is 61.2 Å². The van der Waals surface area contributed by atoms with Gasteiger partial charge in [-0.15, -0.1) is 6.58 Å². The summed E-state index contributed by atoms with van der Waals surface area (Å²) in [5.41, 5.74) is 7.37. The highest BCUT2D eigenvalue weighted by molar-refractivity contribution is 7.80. The van der Waals surface area contributed by atoms with Gasteiger partial charge in [0.25, 0.3) is 0 Å². The van der Waals surface area contributed by atoms with Gasteiger partial charge in [-0.1, -0.05) is 24.3 Å². The second kappa shape index (κ2) is 8.80. The van der Waals surface area contributed by atoms with Crippen molar-refractivity contribution in [3.8, 4) is 11.5 Å². The lowest BCUT2D eigenvalue weighted by atomic mass is 10.1. The Balaban J connectivity index is 1.79. The van der Waals surface area contributed by atoms with Gasteiger partial charge in [0.2, 0.25) is 0 Å². The molecule has 3 N–H and O–H groups in total. The minimum atomic E-state index is 0.241. The van der Waals surface area contributed by atoms with Gasteiger partial charge in [-0.3, -0.25) is 0 Å². The van der Waals surface area contributed by atoms with Gasteiger partial charge in [-0.2, -0.15) is 0 Å². The van der Waals surface area contributed by atoms with Crippen molar-refractivity contribution >= 4 is 23.0 Å². The summed E-state index contributed by atoms with van der Waals surface area (Å²) in [6.07, 6.45) is 2.65. The minimum absolute atomic E-state index is 0.241. The number of allylic oxidation sites excluding steroid dienone is 1. The number of thiocarbonyl (C=S) groups is 1. The Kier molecular flexibility index (Phi) is 6.44. The fourth-order valence-corrected chi connectivity index (χ4v) is 2.17. The van der Waals surface area contributed by atoms with E-state index in [-0.39, 0.29) is 5.11 Å². The van der Waals surface area contributed by atoms with Crippen molar-refractivity contribution in [1.82, 2.24) is 0 Å². The first-order chi connectivity index (χ1) is 11.2. The number of nitrogens with one attached hydrogen (secondary N) is 1. The lowest BCUT2D eigenvalue weighted by Gasteiger charge is -2.11. The van der Waals surface area contributed by atoms with E-state index in [4.69, 9.17) is 27.4 Å². The number of anilines is 1. The predicted octanol–water partition coefficient (Wildman–Crippen LogP) is 3.53. The van der Waals surface area contributed by atoms with Crippen LogP contribution in [0.5, 0.6) is 11.5 Å². The molecule has 2 aromatic carbocycles. The van der Waals surface area contributed by atoms with E-state index in [0.717, 1.165) is 29.2 Å². The number of para-hydroxylation sites is 1. The third kappa shape index (κ3) is 5.64. The summed E-state index contributed by atoms with van der Waals surface area (Å²) in [7, 11) is 0. The molecule has 0 amide bonds. The number of hydrogen-bond donors (Lipinski definition) is 2. The zero-order chi connectivity index (χ0) is 16.5. The third-order valence-corrected chi connectivity index (χ3v) is 3.17. The van der Waals surface area contributed by atoms with Crippen molar-refractivity contribution in [2.75, 3.05) is 18.5 Å². The van der Waals surface area contributed by atoms with Crippen molar-refractivity contribution in [2.24, 2.45) is 5.73 Å². The summed E-state index contributed by atoms with van der Waals surface area (Å²) in [4.78, 5) is 0. The summed E-state index contributed by atoms with van der Waals surface area (Å²) in [6.45, 7) is 4.69. The molecule has 0 aromatic heterocycles. The molecule has 0 fully saturated rings. The molecule has 23 heavy (non-hydrogen) atoms. The Labute approximate surface area is 141 Å². The second-order valence-electron chi connectivity index (χ2n) is 4.81. The molecule has 0 aliphatic rings. The topological polar surface area (TPSA) is 56.5 Å². The van der Waals surface area contributed by atoms with E-state index < -0.39 is 0 Å². The van der Waals surface area contributed by atoms with Gasteiger partial charge in [0.05, 0.1) is 0 Å². The van der Waals surface area contributed by atoms with Crippen molar-refractivity contribution in [1.29, 1.82) is 0 Å². The number of hydrogen-bond acceptors (Lipinski definition) is 3. The minimum Gasteiger partial charge on any atom is -0.490 e. The van der Waals surface area contributed by atoms with Crippen LogP contribution in [0.2, 0.25) is 0 Å². The largest absolute Gasteiger partial charge is 0.490 e. The van der Waals surface area contributed by atoms with Gasteiger partial charge in [-0.05, 0) is 54.5 Å². The highest BCUT2D eigenvalue weighted by Gasteiger charge is 2.01.